The monoisotopic (exact) mass is 274 g/mol. The molecule has 20 heavy (non-hydrogen) atoms. The van der Waals surface area contributed by atoms with E-state index in [1.165, 1.54) is 0 Å². The fourth-order valence-corrected chi connectivity index (χ4v) is 2.06. The maximum atomic E-state index is 4.55. The minimum atomic E-state index is 0.801. The average molecular weight is 274 g/mol. The van der Waals surface area contributed by atoms with Crippen molar-refractivity contribution in [1.29, 1.82) is 0 Å². The van der Waals surface area contributed by atoms with Crippen molar-refractivity contribution in [2.45, 2.75) is 33.1 Å². The van der Waals surface area contributed by atoms with E-state index in [1.807, 2.05) is 31.0 Å². The Kier molecular flexibility index (Phi) is 4.55. The lowest BCUT2D eigenvalue weighted by Crippen LogP contribution is -2.04. The maximum Gasteiger partial charge on any atom is 0.136 e. The zero-order valence-electron chi connectivity index (χ0n) is 12.6. The van der Waals surface area contributed by atoms with Crippen molar-refractivity contribution < 1.29 is 0 Å². The third-order valence-electron chi connectivity index (χ3n) is 3.01. The molecule has 0 atom stereocenters. The van der Waals surface area contributed by atoms with Crippen LogP contribution in [0.15, 0.2) is 12.3 Å². The van der Waals surface area contributed by atoms with Crippen LogP contribution in [0.4, 0.5) is 17.3 Å². The molecule has 108 valence electrons. The molecule has 2 aromatic heterocycles. The summed E-state index contributed by atoms with van der Waals surface area (Å²) in [5.74, 6) is 2.48. The van der Waals surface area contributed by atoms with Gasteiger partial charge in [0.05, 0.1) is 11.4 Å². The summed E-state index contributed by atoms with van der Waals surface area (Å²) in [5.41, 5.74) is 2.03. The molecule has 2 aromatic rings. The summed E-state index contributed by atoms with van der Waals surface area (Å²) in [7, 11) is 3.79. The Bertz CT molecular complexity index is 575. The molecule has 0 aliphatic carbocycles. The highest BCUT2D eigenvalue weighted by Crippen LogP contribution is 2.21. The Balaban J connectivity index is 2.29. The molecule has 0 saturated heterocycles. The lowest BCUT2D eigenvalue weighted by Gasteiger charge is -2.09. The van der Waals surface area contributed by atoms with E-state index in [2.05, 4.69) is 39.5 Å². The van der Waals surface area contributed by atoms with Crippen LogP contribution < -0.4 is 10.6 Å². The number of nitrogens with one attached hydrogen (secondary N) is 2. The Labute approximate surface area is 119 Å². The summed E-state index contributed by atoms with van der Waals surface area (Å²) in [6, 6.07) is 1.91. The fourth-order valence-electron chi connectivity index (χ4n) is 2.06. The Hall–Kier alpha value is -2.11. The van der Waals surface area contributed by atoms with Gasteiger partial charge in [0.1, 0.15) is 17.5 Å². The van der Waals surface area contributed by atoms with Crippen molar-refractivity contribution in [3.05, 3.63) is 23.8 Å². The van der Waals surface area contributed by atoms with Gasteiger partial charge in [-0.05, 0) is 12.8 Å². The van der Waals surface area contributed by atoms with Gasteiger partial charge in [-0.3, -0.25) is 4.68 Å². The van der Waals surface area contributed by atoms with Gasteiger partial charge in [0.25, 0.3) is 0 Å². The summed E-state index contributed by atoms with van der Waals surface area (Å²) in [6.45, 7) is 4.22. The van der Waals surface area contributed by atoms with E-state index in [0.29, 0.717) is 0 Å². The van der Waals surface area contributed by atoms with Crippen LogP contribution in [0.3, 0.4) is 0 Å². The van der Waals surface area contributed by atoms with Gasteiger partial charge < -0.3 is 10.6 Å². The quantitative estimate of drug-likeness (QED) is 0.847. The molecule has 0 aliphatic heterocycles. The van der Waals surface area contributed by atoms with Gasteiger partial charge in [-0.25, -0.2) is 9.97 Å². The smallest absolute Gasteiger partial charge is 0.136 e. The summed E-state index contributed by atoms with van der Waals surface area (Å²) in [5, 5.41) is 10.8. The van der Waals surface area contributed by atoms with Crippen LogP contribution in [0.1, 0.15) is 31.8 Å². The molecule has 0 unspecified atom stereocenters. The molecule has 0 spiro atoms. The molecule has 0 amide bonds. The summed E-state index contributed by atoms with van der Waals surface area (Å²) < 4.78 is 1.81. The first kappa shape index (κ1) is 14.3. The van der Waals surface area contributed by atoms with Crippen LogP contribution in [0, 0.1) is 0 Å². The molecule has 0 saturated carbocycles. The highest BCUT2D eigenvalue weighted by atomic mass is 15.3. The van der Waals surface area contributed by atoms with Crippen LogP contribution in [-0.2, 0) is 19.9 Å². The average Bonchev–Trinajstić information content (AvgIpc) is 2.78. The highest BCUT2D eigenvalue weighted by Gasteiger charge is 2.09. The summed E-state index contributed by atoms with van der Waals surface area (Å²) in [6.07, 6.45) is 4.76. The number of nitrogens with zero attached hydrogens (tertiary/aromatic N) is 4. The van der Waals surface area contributed by atoms with Crippen molar-refractivity contribution in [2.24, 2.45) is 7.05 Å². The lowest BCUT2D eigenvalue weighted by atomic mass is 10.3. The van der Waals surface area contributed by atoms with Crippen molar-refractivity contribution in [2.75, 3.05) is 17.7 Å². The van der Waals surface area contributed by atoms with Gasteiger partial charge in [0.2, 0.25) is 0 Å². The number of aryl methyl sites for hydroxylation is 3. The molecule has 2 heterocycles. The molecule has 0 aromatic carbocycles. The van der Waals surface area contributed by atoms with Crippen LogP contribution >= 0.6 is 0 Å². The fraction of sp³-hybridized carbons (Fsp3) is 0.500. The summed E-state index contributed by atoms with van der Waals surface area (Å²) in [4.78, 5) is 9.00. The lowest BCUT2D eigenvalue weighted by molar-refractivity contribution is 0.746. The van der Waals surface area contributed by atoms with Gasteiger partial charge in [0, 0.05) is 32.8 Å². The van der Waals surface area contributed by atoms with Crippen molar-refractivity contribution in [1.82, 2.24) is 19.7 Å². The van der Waals surface area contributed by atoms with Crippen LogP contribution in [0.2, 0.25) is 0 Å². The van der Waals surface area contributed by atoms with Gasteiger partial charge >= 0.3 is 0 Å². The minimum Gasteiger partial charge on any atom is -0.373 e. The van der Waals surface area contributed by atoms with Crippen molar-refractivity contribution >= 4 is 17.3 Å². The largest absolute Gasteiger partial charge is 0.373 e. The second-order valence-corrected chi connectivity index (χ2v) is 4.70. The van der Waals surface area contributed by atoms with E-state index in [9.17, 15) is 0 Å². The predicted molar refractivity (Wildman–Crippen MR) is 81.4 cm³/mol. The molecule has 0 fully saturated rings. The number of rotatable bonds is 6. The van der Waals surface area contributed by atoms with Crippen LogP contribution in [-0.4, -0.2) is 26.8 Å². The Morgan fingerprint density at radius 2 is 1.95 bits per heavy atom. The normalized spacial score (nSPS) is 10.6. The zero-order valence-corrected chi connectivity index (χ0v) is 12.6. The Morgan fingerprint density at radius 1 is 1.20 bits per heavy atom. The number of hydrogen-bond acceptors (Lipinski definition) is 5. The van der Waals surface area contributed by atoms with Gasteiger partial charge in [-0.2, -0.15) is 5.10 Å². The van der Waals surface area contributed by atoms with Crippen LogP contribution in [0.5, 0.6) is 0 Å². The summed E-state index contributed by atoms with van der Waals surface area (Å²) >= 11 is 0. The van der Waals surface area contributed by atoms with Gasteiger partial charge in [0.15, 0.2) is 0 Å². The minimum absolute atomic E-state index is 0.801. The third kappa shape index (κ3) is 3.26. The molecular weight excluding hydrogens is 252 g/mol. The molecule has 2 rings (SSSR count). The Morgan fingerprint density at radius 3 is 2.60 bits per heavy atom. The molecule has 0 radical (unpaired) electrons. The first-order valence-corrected chi connectivity index (χ1v) is 7.01. The topological polar surface area (TPSA) is 67.7 Å². The number of aromatic nitrogens is 4. The van der Waals surface area contributed by atoms with Gasteiger partial charge in [-0.1, -0.05) is 13.8 Å². The molecular formula is C14H22N6. The van der Waals surface area contributed by atoms with E-state index < -0.39 is 0 Å². The van der Waals surface area contributed by atoms with E-state index in [1.54, 1.807) is 0 Å². The van der Waals surface area contributed by atoms with Crippen molar-refractivity contribution in [3.63, 3.8) is 0 Å². The third-order valence-corrected chi connectivity index (χ3v) is 3.01. The SMILES string of the molecule is CCCc1nc(NC)cc(Nc2cn(C)nc2CC)n1. The maximum absolute atomic E-state index is 4.55. The zero-order chi connectivity index (χ0) is 14.5. The first-order chi connectivity index (χ1) is 9.66. The van der Waals surface area contributed by atoms with Crippen LogP contribution in [0.25, 0.3) is 0 Å². The second-order valence-electron chi connectivity index (χ2n) is 4.70. The molecule has 0 aliphatic rings. The molecule has 6 nitrogen and oxygen atoms in total. The number of hydrogen-bond donors (Lipinski definition) is 2. The van der Waals surface area contributed by atoms with E-state index in [-0.39, 0.29) is 0 Å². The first-order valence-electron chi connectivity index (χ1n) is 7.01. The van der Waals surface area contributed by atoms with E-state index >= 15 is 0 Å². The van der Waals surface area contributed by atoms with Crippen molar-refractivity contribution in [3.8, 4) is 0 Å². The molecule has 6 heteroatoms. The molecule has 2 N–H and O–H groups in total. The molecule has 0 bridgehead atoms. The standard InChI is InChI=1S/C14H22N6/c1-5-7-12-17-13(15-3)8-14(18-12)16-11-9-20(4)19-10(11)6-2/h8-9H,5-7H2,1-4H3,(H2,15,16,17,18). The number of anilines is 3. The highest BCUT2D eigenvalue weighted by molar-refractivity contribution is 5.60. The van der Waals surface area contributed by atoms with Gasteiger partial charge in [-0.15, -0.1) is 0 Å². The van der Waals surface area contributed by atoms with E-state index in [4.69, 9.17) is 0 Å². The second kappa shape index (κ2) is 6.36. The van der Waals surface area contributed by atoms with E-state index in [0.717, 1.165) is 48.1 Å². The predicted octanol–water partition coefficient (Wildman–Crippen LogP) is 2.51.